The van der Waals surface area contributed by atoms with Crippen molar-refractivity contribution in [3.05, 3.63) is 0 Å². The lowest BCUT2D eigenvalue weighted by Crippen LogP contribution is -2.47. The highest BCUT2D eigenvalue weighted by atomic mass is 16.4. The monoisotopic (exact) mass is 257 g/mol. The number of aliphatic carboxylic acids is 1. The average Bonchev–Trinajstić information content (AvgIpc) is 3.06. The number of nitrogens with zero attached hydrogens (tertiary/aromatic N) is 1. The number of carbonyl (C=O) groups is 3. The van der Waals surface area contributed by atoms with Gasteiger partial charge in [-0.25, -0.2) is 4.79 Å². The lowest BCUT2D eigenvalue weighted by atomic mass is 10.1. The van der Waals surface area contributed by atoms with E-state index in [9.17, 15) is 14.4 Å². The number of hydrogen-bond donors (Lipinski definition) is 3. The minimum atomic E-state index is -1.18. The van der Waals surface area contributed by atoms with Crippen LogP contribution in [0.4, 0.5) is 4.79 Å². The van der Waals surface area contributed by atoms with Crippen LogP contribution in [-0.4, -0.2) is 47.5 Å². The largest absolute Gasteiger partial charge is 0.480 e. The molecule has 1 saturated carbocycles. The highest BCUT2D eigenvalue weighted by Gasteiger charge is 2.28. The Morgan fingerprint density at radius 3 is 2.44 bits per heavy atom. The fourth-order valence-electron chi connectivity index (χ4n) is 1.74. The number of nitrogens with two attached hydrogens (primary N) is 1. The van der Waals surface area contributed by atoms with Crippen LogP contribution in [0.15, 0.2) is 0 Å². The first kappa shape index (κ1) is 14.3. The molecular weight excluding hydrogens is 238 g/mol. The highest BCUT2D eigenvalue weighted by molar-refractivity contribution is 5.85. The number of nitrogens with one attached hydrogen (secondary N) is 1. The van der Waals surface area contributed by atoms with Crippen LogP contribution in [0.2, 0.25) is 0 Å². The second-order valence-electron chi connectivity index (χ2n) is 4.72. The maximum atomic E-state index is 11.7. The molecule has 3 amide bonds. The first-order chi connectivity index (χ1) is 8.40. The number of amides is 3. The van der Waals surface area contributed by atoms with Gasteiger partial charge < -0.3 is 21.1 Å². The molecule has 1 aliphatic rings. The number of urea groups is 1. The quantitative estimate of drug-likeness (QED) is 0.576. The van der Waals surface area contributed by atoms with Crippen LogP contribution in [0.1, 0.15) is 19.8 Å². The van der Waals surface area contributed by atoms with E-state index in [1.165, 1.54) is 12.8 Å². The summed E-state index contributed by atoms with van der Waals surface area (Å²) in [5.41, 5.74) is 4.97. The Morgan fingerprint density at radius 2 is 2.00 bits per heavy atom. The fourth-order valence-corrected chi connectivity index (χ4v) is 1.74. The molecule has 0 spiro atoms. The lowest BCUT2D eigenvalue weighted by molar-refractivity contribution is -0.137. The molecule has 0 saturated heterocycles. The number of rotatable bonds is 7. The van der Waals surface area contributed by atoms with E-state index in [1.54, 1.807) is 0 Å². The van der Waals surface area contributed by atoms with Gasteiger partial charge in [0.25, 0.3) is 0 Å². The van der Waals surface area contributed by atoms with E-state index in [-0.39, 0.29) is 0 Å². The van der Waals surface area contributed by atoms with Crippen LogP contribution in [0.25, 0.3) is 0 Å². The second kappa shape index (κ2) is 6.23. The molecule has 1 unspecified atom stereocenters. The summed E-state index contributed by atoms with van der Waals surface area (Å²) in [4.78, 5) is 33.9. The predicted octanol–water partition coefficient (Wildman–Crippen LogP) is -0.386. The van der Waals surface area contributed by atoms with Crippen LogP contribution in [0, 0.1) is 11.8 Å². The minimum absolute atomic E-state index is 0.370. The molecule has 7 nitrogen and oxygen atoms in total. The molecule has 0 aromatic rings. The van der Waals surface area contributed by atoms with Crippen molar-refractivity contribution in [2.24, 2.45) is 17.6 Å². The summed E-state index contributed by atoms with van der Waals surface area (Å²) < 4.78 is 0. The zero-order chi connectivity index (χ0) is 13.7. The molecule has 1 atom stereocenters. The maximum absolute atomic E-state index is 11.7. The van der Waals surface area contributed by atoms with Crippen LogP contribution >= 0.6 is 0 Å². The van der Waals surface area contributed by atoms with Crippen molar-refractivity contribution < 1.29 is 19.5 Å². The lowest BCUT2D eigenvalue weighted by Gasteiger charge is -2.21. The van der Waals surface area contributed by atoms with Gasteiger partial charge in [0.1, 0.15) is 13.1 Å². The normalized spacial score (nSPS) is 15.8. The molecular formula is C11H19N3O4. The predicted molar refractivity (Wildman–Crippen MR) is 63.7 cm³/mol. The number of carbonyl (C=O) groups excluding carboxylic acids is 2. The summed E-state index contributed by atoms with van der Waals surface area (Å²) in [6.45, 7) is 1.59. The number of carboxylic acids is 1. The van der Waals surface area contributed by atoms with Gasteiger partial charge in [-0.3, -0.25) is 9.59 Å². The van der Waals surface area contributed by atoms with Gasteiger partial charge in [-0.05, 0) is 24.7 Å². The Bertz CT molecular complexity index is 325. The molecule has 7 heteroatoms. The van der Waals surface area contributed by atoms with Gasteiger partial charge in [-0.1, -0.05) is 6.92 Å². The van der Waals surface area contributed by atoms with Gasteiger partial charge in [0.05, 0.1) is 0 Å². The average molecular weight is 257 g/mol. The zero-order valence-electron chi connectivity index (χ0n) is 10.4. The first-order valence-electron chi connectivity index (χ1n) is 5.93. The number of hydrogen-bond acceptors (Lipinski definition) is 3. The van der Waals surface area contributed by atoms with Gasteiger partial charge in [0.15, 0.2) is 0 Å². The van der Waals surface area contributed by atoms with Crippen molar-refractivity contribution in [3.8, 4) is 0 Å². The van der Waals surface area contributed by atoms with Crippen molar-refractivity contribution in [2.75, 3.05) is 19.6 Å². The Balaban J connectivity index is 2.41. The molecule has 0 heterocycles. The van der Waals surface area contributed by atoms with Crippen molar-refractivity contribution >= 4 is 17.9 Å². The Hall–Kier alpha value is -1.79. The Labute approximate surface area is 105 Å². The van der Waals surface area contributed by atoms with E-state index >= 15 is 0 Å². The number of primary amides is 1. The third-order valence-electron chi connectivity index (χ3n) is 2.96. The third kappa shape index (κ3) is 5.03. The summed E-state index contributed by atoms with van der Waals surface area (Å²) in [5, 5.41) is 11.3. The van der Waals surface area contributed by atoms with Crippen LogP contribution in [0.3, 0.4) is 0 Å². The topological polar surface area (TPSA) is 113 Å². The van der Waals surface area contributed by atoms with Gasteiger partial charge in [0.2, 0.25) is 5.91 Å². The fraction of sp³-hybridized carbons (Fsp3) is 0.727. The summed E-state index contributed by atoms with van der Waals surface area (Å²) in [7, 11) is 0. The maximum Gasteiger partial charge on any atom is 0.323 e. The van der Waals surface area contributed by atoms with Gasteiger partial charge in [0, 0.05) is 6.54 Å². The molecule has 4 N–H and O–H groups in total. The molecule has 0 bridgehead atoms. The van der Waals surface area contributed by atoms with Crippen LogP contribution in [0.5, 0.6) is 0 Å². The van der Waals surface area contributed by atoms with Crippen LogP contribution in [-0.2, 0) is 9.59 Å². The third-order valence-corrected chi connectivity index (χ3v) is 2.96. The highest BCUT2D eigenvalue weighted by Crippen LogP contribution is 2.36. The molecule has 1 rings (SSSR count). The van der Waals surface area contributed by atoms with Gasteiger partial charge in [-0.15, -0.1) is 0 Å². The molecule has 1 fully saturated rings. The van der Waals surface area contributed by atoms with E-state index in [1.807, 2.05) is 6.92 Å². The zero-order valence-corrected chi connectivity index (χ0v) is 10.4. The van der Waals surface area contributed by atoms with E-state index in [0.717, 1.165) is 4.90 Å². The van der Waals surface area contributed by atoms with Crippen molar-refractivity contribution in [1.29, 1.82) is 0 Å². The SMILES string of the molecule is CC(CNC(=O)N(CC(N)=O)CC(=O)O)C1CC1. The van der Waals surface area contributed by atoms with E-state index in [2.05, 4.69) is 5.32 Å². The van der Waals surface area contributed by atoms with Gasteiger partial charge >= 0.3 is 12.0 Å². The molecule has 0 radical (unpaired) electrons. The Morgan fingerprint density at radius 1 is 1.39 bits per heavy atom. The minimum Gasteiger partial charge on any atom is -0.480 e. The number of carboxylic acid groups (broad SMARTS) is 1. The Kier molecular flexibility index (Phi) is 4.94. The molecule has 18 heavy (non-hydrogen) atoms. The summed E-state index contributed by atoms with van der Waals surface area (Å²) in [6, 6.07) is -0.566. The van der Waals surface area contributed by atoms with E-state index in [0.29, 0.717) is 18.4 Å². The van der Waals surface area contributed by atoms with Gasteiger partial charge in [-0.2, -0.15) is 0 Å². The smallest absolute Gasteiger partial charge is 0.323 e. The molecule has 0 aromatic carbocycles. The summed E-state index contributed by atoms with van der Waals surface area (Å²) in [6.07, 6.45) is 2.36. The first-order valence-corrected chi connectivity index (χ1v) is 5.93. The van der Waals surface area contributed by atoms with Crippen molar-refractivity contribution in [3.63, 3.8) is 0 Å². The molecule has 1 aliphatic carbocycles. The molecule has 102 valence electrons. The molecule has 0 aromatic heterocycles. The van der Waals surface area contributed by atoms with E-state index < -0.39 is 31.0 Å². The van der Waals surface area contributed by atoms with Crippen molar-refractivity contribution in [1.82, 2.24) is 10.2 Å². The van der Waals surface area contributed by atoms with Crippen LogP contribution < -0.4 is 11.1 Å². The summed E-state index contributed by atoms with van der Waals surface area (Å²) >= 11 is 0. The summed E-state index contributed by atoms with van der Waals surface area (Å²) in [5.74, 6) is -0.896. The molecule has 0 aliphatic heterocycles. The second-order valence-corrected chi connectivity index (χ2v) is 4.72. The van der Waals surface area contributed by atoms with Crippen molar-refractivity contribution in [2.45, 2.75) is 19.8 Å². The van der Waals surface area contributed by atoms with E-state index in [4.69, 9.17) is 10.8 Å². The standard InChI is InChI=1S/C11H19N3O4/c1-7(8-2-3-8)4-13-11(18)14(5-9(12)15)6-10(16)17/h7-8H,2-6H2,1H3,(H2,12,15)(H,13,18)(H,16,17).